The van der Waals surface area contributed by atoms with Crippen molar-refractivity contribution in [2.75, 3.05) is 6.61 Å². The van der Waals surface area contributed by atoms with Crippen molar-refractivity contribution in [3.63, 3.8) is 0 Å². The molecule has 19 heavy (non-hydrogen) atoms. The number of hydrogen-bond donors (Lipinski definition) is 1. The molecule has 1 aromatic carbocycles. The molecule has 0 aliphatic carbocycles. The number of rotatable bonds is 7. The molecule has 106 valence electrons. The van der Waals surface area contributed by atoms with Crippen molar-refractivity contribution in [3.05, 3.63) is 35.4 Å². The highest BCUT2D eigenvalue weighted by Crippen LogP contribution is 2.16. The maximum absolute atomic E-state index is 11.2. The molecule has 0 radical (unpaired) electrons. The molecule has 1 atom stereocenters. The van der Waals surface area contributed by atoms with Gasteiger partial charge in [-0.1, -0.05) is 52.0 Å². The zero-order valence-electron chi connectivity index (χ0n) is 12.2. The predicted octanol–water partition coefficient (Wildman–Crippen LogP) is 3.48. The first-order valence-electron chi connectivity index (χ1n) is 6.83. The minimum atomic E-state index is -0.895. The van der Waals surface area contributed by atoms with Gasteiger partial charge in [-0.3, -0.25) is 0 Å². The summed E-state index contributed by atoms with van der Waals surface area (Å²) < 4.78 is 5.45. The molecule has 0 aliphatic heterocycles. The molecule has 0 spiro atoms. The SMILES string of the molecule is CC(C)CO[C@@H](Cc1ccc(C(C)C)cc1)C(=O)O. The average Bonchev–Trinajstić information content (AvgIpc) is 2.34. The second kappa shape index (κ2) is 7.29. The molecule has 0 fully saturated rings. The van der Waals surface area contributed by atoms with Crippen LogP contribution >= 0.6 is 0 Å². The number of benzene rings is 1. The van der Waals surface area contributed by atoms with Crippen LogP contribution in [0.15, 0.2) is 24.3 Å². The van der Waals surface area contributed by atoms with Crippen molar-refractivity contribution in [1.29, 1.82) is 0 Å². The molecular weight excluding hydrogens is 240 g/mol. The molecule has 0 saturated heterocycles. The first-order valence-corrected chi connectivity index (χ1v) is 6.83. The Hall–Kier alpha value is -1.35. The second-order valence-corrected chi connectivity index (χ2v) is 5.65. The Morgan fingerprint density at radius 1 is 1.16 bits per heavy atom. The van der Waals surface area contributed by atoms with E-state index in [0.717, 1.165) is 5.56 Å². The van der Waals surface area contributed by atoms with E-state index >= 15 is 0 Å². The number of hydrogen-bond acceptors (Lipinski definition) is 2. The number of carbonyl (C=O) groups is 1. The van der Waals surface area contributed by atoms with Gasteiger partial charge in [-0.05, 0) is 23.0 Å². The van der Waals surface area contributed by atoms with E-state index in [1.165, 1.54) is 5.56 Å². The van der Waals surface area contributed by atoms with Crippen LogP contribution in [0.4, 0.5) is 0 Å². The van der Waals surface area contributed by atoms with Crippen LogP contribution in [0.25, 0.3) is 0 Å². The minimum absolute atomic E-state index is 0.338. The minimum Gasteiger partial charge on any atom is -0.479 e. The standard InChI is InChI=1S/C16H24O3/c1-11(2)10-19-15(16(17)18)9-13-5-7-14(8-6-13)12(3)4/h5-8,11-12,15H,9-10H2,1-4H3,(H,17,18)/t15-/m0/s1. The molecule has 0 aromatic heterocycles. The van der Waals surface area contributed by atoms with Crippen molar-refractivity contribution in [2.45, 2.75) is 46.1 Å². The van der Waals surface area contributed by atoms with Crippen LogP contribution < -0.4 is 0 Å². The van der Waals surface area contributed by atoms with Gasteiger partial charge in [-0.2, -0.15) is 0 Å². The van der Waals surface area contributed by atoms with E-state index in [-0.39, 0.29) is 0 Å². The first kappa shape index (κ1) is 15.7. The molecular formula is C16H24O3. The smallest absolute Gasteiger partial charge is 0.333 e. The Labute approximate surface area is 115 Å². The molecule has 1 aromatic rings. The van der Waals surface area contributed by atoms with Gasteiger partial charge in [-0.15, -0.1) is 0 Å². The highest BCUT2D eigenvalue weighted by molar-refractivity contribution is 5.72. The number of ether oxygens (including phenoxy) is 1. The Kier molecular flexibility index (Phi) is 6.03. The van der Waals surface area contributed by atoms with Gasteiger partial charge in [0.05, 0.1) is 6.61 Å². The van der Waals surface area contributed by atoms with Gasteiger partial charge in [0.25, 0.3) is 0 Å². The Morgan fingerprint density at radius 3 is 2.16 bits per heavy atom. The lowest BCUT2D eigenvalue weighted by Gasteiger charge is -2.15. The van der Waals surface area contributed by atoms with E-state index in [2.05, 4.69) is 26.0 Å². The fourth-order valence-corrected chi connectivity index (χ4v) is 1.78. The van der Waals surface area contributed by atoms with E-state index in [1.54, 1.807) is 0 Å². The van der Waals surface area contributed by atoms with E-state index in [4.69, 9.17) is 9.84 Å². The summed E-state index contributed by atoms with van der Waals surface area (Å²) in [6.45, 7) is 8.77. The summed E-state index contributed by atoms with van der Waals surface area (Å²) in [6, 6.07) is 8.09. The summed E-state index contributed by atoms with van der Waals surface area (Å²) >= 11 is 0. The number of carboxylic acids is 1. The zero-order chi connectivity index (χ0) is 14.4. The normalized spacial score (nSPS) is 12.9. The van der Waals surface area contributed by atoms with Crippen molar-refractivity contribution in [3.8, 4) is 0 Å². The van der Waals surface area contributed by atoms with Gasteiger partial charge in [0.1, 0.15) is 0 Å². The van der Waals surface area contributed by atoms with Gasteiger partial charge >= 0.3 is 5.97 Å². The molecule has 0 unspecified atom stereocenters. The van der Waals surface area contributed by atoms with Gasteiger partial charge < -0.3 is 9.84 Å². The maximum Gasteiger partial charge on any atom is 0.333 e. The van der Waals surface area contributed by atoms with E-state index in [0.29, 0.717) is 24.9 Å². The summed E-state index contributed by atoms with van der Waals surface area (Å²) in [5.74, 6) is -0.0692. The number of carboxylic acid groups (broad SMARTS) is 1. The van der Waals surface area contributed by atoms with Crippen LogP contribution in [0.3, 0.4) is 0 Å². The van der Waals surface area contributed by atoms with E-state index in [1.807, 2.05) is 26.0 Å². The fraction of sp³-hybridized carbons (Fsp3) is 0.562. The summed E-state index contributed by atoms with van der Waals surface area (Å²) in [5, 5.41) is 9.17. The third-order valence-electron chi connectivity index (χ3n) is 2.97. The Bertz CT molecular complexity index is 393. The van der Waals surface area contributed by atoms with Gasteiger partial charge in [0, 0.05) is 6.42 Å². The number of aliphatic carboxylic acids is 1. The summed E-state index contributed by atoms with van der Waals surface area (Å²) in [4.78, 5) is 11.2. The van der Waals surface area contributed by atoms with Gasteiger partial charge in [-0.25, -0.2) is 4.79 Å². The van der Waals surface area contributed by atoms with Crippen molar-refractivity contribution < 1.29 is 14.6 Å². The lowest BCUT2D eigenvalue weighted by atomic mass is 10.00. The Balaban J connectivity index is 2.65. The molecule has 0 bridgehead atoms. The fourth-order valence-electron chi connectivity index (χ4n) is 1.78. The molecule has 1 N–H and O–H groups in total. The molecule has 0 heterocycles. The summed E-state index contributed by atoms with van der Waals surface area (Å²) in [6.07, 6.45) is -0.340. The molecule has 0 amide bonds. The van der Waals surface area contributed by atoms with Crippen LogP contribution in [-0.2, 0) is 16.0 Å². The highest BCUT2D eigenvalue weighted by atomic mass is 16.5. The van der Waals surface area contributed by atoms with Gasteiger partial charge in [0.2, 0.25) is 0 Å². The monoisotopic (exact) mass is 264 g/mol. The second-order valence-electron chi connectivity index (χ2n) is 5.65. The molecule has 0 saturated carbocycles. The zero-order valence-corrected chi connectivity index (χ0v) is 12.2. The quantitative estimate of drug-likeness (QED) is 0.820. The van der Waals surface area contributed by atoms with Crippen molar-refractivity contribution in [2.24, 2.45) is 5.92 Å². The van der Waals surface area contributed by atoms with E-state index < -0.39 is 12.1 Å². The molecule has 3 heteroatoms. The van der Waals surface area contributed by atoms with Crippen LogP contribution in [-0.4, -0.2) is 23.8 Å². The van der Waals surface area contributed by atoms with Crippen molar-refractivity contribution >= 4 is 5.97 Å². The van der Waals surface area contributed by atoms with E-state index in [9.17, 15) is 4.79 Å². The van der Waals surface area contributed by atoms with Crippen molar-refractivity contribution in [1.82, 2.24) is 0 Å². The molecule has 0 aliphatic rings. The average molecular weight is 264 g/mol. The third-order valence-corrected chi connectivity index (χ3v) is 2.97. The van der Waals surface area contributed by atoms with Gasteiger partial charge in [0.15, 0.2) is 6.10 Å². The lowest BCUT2D eigenvalue weighted by molar-refractivity contribution is -0.150. The maximum atomic E-state index is 11.2. The molecule has 1 rings (SSSR count). The molecule has 3 nitrogen and oxygen atoms in total. The Morgan fingerprint density at radius 2 is 1.74 bits per heavy atom. The van der Waals surface area contributed by atoms with Crippen LogP contribution in [0.5, 0.6) is 0 Å². The van der Waals surface area contributed by atoms with Crippen LogP contribution in [0.1, 0.15) is 44.7 Å². The van der Waals surface area contributed by atoms with Crippen LogP contribution in [0, 0.1) is 5.92 Å². The third kappa shape index (κ3) is 5.43. The lowest BCUT2D eigenvalue weighted by Crippen LogP contribution is -2.28. The van der Waals surface area contributed by atoms with Crippen LogP contribution in [0.2, 0.25) is 0 Å². The first-order chi connectivity index (χ1) is 8.90. The highest BCUT2D eigenvalue weighted by Gasteiger charge is 2.19. The summed E-state index contributed by atoms with van der Waals surface area (Å²) in [5.41, 5.74) is 2.26. The topological polar surface area (TPSA) is 46.5 Å². The predicted molar refractivity (Wildman–Crippen MR) is 76.4 cm³/mol. The summed E-state index contributed by atoms with van der Waals surface area (Å²) in [7, 11) is 0. The largest absolute Gasteiger partial charge is 0.479 e.